The molecule has 4 rings (SSSR count). The highest BCUT2D eigenvalue weighted by Gasteiger charge is 2.22. The molecule has 1 fully saturated rings. The van der Waals surface area contributed by atoms with Crippen LogP contribution in [0.25, 0.3) is 0 Å². The average molecular weight is 513 g/mol. The van der Waals surface area contributed by atoms with Gasteiger partial charge in [-0.05, 0) is 61.4 Å². The number of benzene rings is 2. The molecule has 180 valence electrons. The van der Waals surface area contributed by atoms with Crippen LogP contribution in [-0.4, -0.2) is 36.4 Å². The average Bonchev–Trinajstić information content (AvgIpc) is 2.84. The molecule has 2 heterocycles. The summed E-state index contributed by atoms with van der Waals surface area (Å²) in [5.74, 6) is -0.783. The number of ether oxygens (including phenoxy) is 1. The van der Waals surface area contributed by atoms with Gasteiger partial charge in [0.05, 0.1) is 17.8 Å². The second kappa shape index (κ2) is 10.8. The van der Waals surface area contributed by atoms with Crippen molar-refractivity contribution in [3.05, 3.63) is 76.0 Å². The Morgan fingerprint density at radius 1 is 0.971 bits per heavy atom. The maximum absolute atomic E-state index is 13.2. The molecular weight excluding hydrogens is 491 g/mol. The van der Waals surface area contributed by atoms with Crippen molar-refractivity contribution in [3.63, 3.8) is 0 Å². The smallest absolute Gasteiger partial charge is 0.274 e. The van der Waals surface area contributed by atoms with Crippen molar-refractivity contribution in [1.82, 2.24) is 4.98 Å². The van der Waals surface area contributed by atoms with Gasteiger partial charge in [-0.15, -0.1) is 0 Å². The molecule has 10 heteroatoms. The fraction of sp³-hybridized carbons (Fsp3) is 0.200. The molecule has 0 unspecified atom stereocenters. The van der Waals surface area contributed by atoms with Gasteiger partial charge in [-0.1, -0.05) is 23.2 Å². The van der Waals surface area contributed by atoms with E-state index in [0.717, 1.165) is 18.5 Å². The van der Waals surface area contributed by atoms with Crippen molar-refractivity contribution in [2.45, 2.75) is 19.3 Å². The molecule has 8 nitrogen and oxygen atoms in total. The summed E-state index contributed by atoms with van der Waals surface area (Å²) in [6.45, 7) is 0.679. The lowest BCUT2D eigenvalue weighted by Gasteiger charge is -2.26. The van der Waals surface area contributed by atoms with E-state index in [0.29, 0.717) is 23.7 Å². The van der Waals surface area contributed by atoms with Crippen LogP contribution in [0.15, 0.2) is 54.7 Å². The fourth-order valence-corrected chi connectivity index (χ4v) is 4.09. The van der Waals surface area contributed by atoms with Gasteiger partial charge in [0, 0.05) is 35.6 Å². The molecule has 1 saturated heterocycles. The van der Waals surface area contributed by atoms with Gasteiger partial charge in [0.1, 0.15) is 17.0 Å². The Bertz CT molecular complexity index is 1260. The van der Waals surface area contributed by atoms with E-state index < -0.39 is 11.8 Å². The summed E-state index contributed by atoms with van der Waals surface area (Å²) in [6.07, 6.45) is 3.75. The van der Waals surface area contributed by atoms with Crippen LogP contribution in [0.3, 0.4) is 0 Å². The summed E-state index contributed by atoms with van der Waals surface area (Å²) in [6, 6.07) is 12.9. The molecule has 0 saturated carbocycles. The summed E-state index contributed by atoms with van der Waals surface area (Å²) >= 11 is 12.0. The molecule has 1 aliphatic heterocycles. The number of amides is 3. The number of methoxy groups -OCH3 is 1. The Morgan fingerprint density at radius 2 is 1.74 bits per heavy atom. The zero-order valence-electron chi connectivity index (χ0n) is 18.8. The number of aromatic nitrogens is 1. The van der Waals surface area contributed by atoms with E-state index >= 15 is 0 Å². The van der Waals surface area contributed by atoms with Crippen molar-refractivity contribution >= 4 is 58.0 Å². The van der Waals surface area contributed by atoms with Crippen LogP contribution in [0.1, 0.15) is 40.1 Å². The van der Waals surface area contributed by atoms with Gasteiger partial charge >= 0.3 is 0 Å². The third kappa shape index (κ3) is 5.72. The maximum atomic E-state index is 13.2. The number of anilines is 3. The molecular formula is C25H22Cl2N4O4. The van der Waals surface area contributed by atoms with E-state index in [1.165, 1.54) is 37.6 Å². The summed E-state index contributed by atoms with van der Waals surface area (Å²) in [5.41, 5.74) is 1.65. The van der Waals surface area contributed by atoms with Gasteiger partial charge in [-0.2, -0.15) is 0 Å². The van der Waals surface area contributed by atoms with Crippen molar-refractivity contribution in [2.75, 3.05) is 29.2 Å². The summed E-state index contributed by atoms with van der Waals surface area (Å²) in [5, 5.41) is 6.14. The largest absolute Gasteiger partial charge is 0.496 e. The standard InChI is InChI=1S/C25H22Cl2N4O4/c1-35-21-13-16(27)12-20(30-24(33)19-10-5-15(26)14-28-19)23(21)25(34)29-17-6-8-18(9-7-17)31-11-3-2-4-22(31)32/h5-10,12-14H,2-4,11H2,1H3,(H,29,34)(H,30,33). The Labute approximate surface area is 212 Å². The minimum Gasteiger partial charge on any atom is -0.496 e. The van der Waals surface area contributed by atoms with Gasteiger partial charge in [-0.25, -0.2) is 4.98 Å². The molecule has 0 aliphatic carbocycles. The van der Waals surface area contributed by atoms with Crippen molar-refractivity contribution in [3.8, 4) is 5.75 Å². The van der Waals surface area contributed by atoms with E-state index in [1.807, 2.05) is 0 Å². The quantitative estimate of drug-likeness (QED) is 0.459. The van der Waals surface area contributed by atoms with Crippen molar-refractivity contribution in [2.24, 2.45) is 0 Å². The lowest BCUT2D eigenvalue weighted by molar-refractivity contribution is -0.119. The van der Waals surface area contributed by atoms with Crippen LogP contribution >= 0.6 is 23.2 Å². The van der Waals surface area contributed by atoms with E-state index in [4.69, 9.17) is 27.9 Å². The summed E-state index contributed by atoms with van der Waals surface area (Å²) < 4.78 is 5.37. The molecule has 3 aromatic rings. The van der Waals surface area contributed by atoms with Crippen LogP contribution in [0.2, 0.25) is 10.0 Å². The first kappa shape index (κ1) is 24.5. The predicted molar refractivity (Wildman–Crippen MR) is 136 cm³/mol. The zero-order valence-corrected chi connectivity index (χ0v) is 20.3. The third-order valence-electron chi connectivity index (χ3n) is 5.48. The molecule has 0 bridgehead atoms. The Balaban J connectivity index is 1.57. The van der Waals surface area contributed by atoms with Gasteiger partial charge < -0.3 is 20.3 Å². The zero-order chi connectivity index (χ0) is 24.9. The molecule has 0 radical (unpaired) electrons. The van der Waals surface area contributed by atoms with E-state index in [-0.39, 0.29) is 33.6 Å². The van der Waals surface area contributed by atoms with Crippen LogP contribution in [-0.2, 0) is 4.79 Å². The number of carbonyl (C=O) groups excluding carboxylic acids is 3. The normalized spacial score (nSPS) is 13.3. The Morgan fingerprint density at radius 3 is 2.40 bits per heavy atom. The van der Waals surface area contributed by atoms with Crippen LogP contribution in [0, 0.1) is 0 Å². The Hall–Kier alpha value is -3.62. The topological polar surface area (TPSA) is 101 Å². The minimum absolute atomic E-state index is 0.0921. The van der Waals surface area contributed by atoms with Gasteiger partial charge in [0.25, 0.3) is 11.8 Å². The number of pyridine rings is 1. The lowest BCUT2D eigenvalue weighted by Crippen LogP contribution is -2.35. The molecule has 1 aliphatic rings. The molecule has 0 spiro atoms. The first-order valence-corrected chi connectivity index (χ1v) is 11.6. The second-order valence-corrected chi connectivity index (χ2v) is 8.72. The lowest BCUT2D eigenvalue weighted by atomic mass is 10.1. The second-order valence-electron chi connectivity index (χ2n) is 7.85. The van der Waals surface area contributed by atoms with Crippen LogP contribution in [0.4, 0.5) is 17.1 Å². The SMILES string of the molecule is COc1cc(Cl)cc(NC(=O)c2ccc(Cl)cn2)c1C(=O)Nc1ccc(N2CCCCC2=O)cc1. The van der Waals surface area contributed by atoms with Crippen LogP contribution in [0.5, 0.6) is 5.75 Å². The first-order chi connectivity index (χ1) is 16.9. The molecule has 2 N–H and O–H groups in total. The molecule has 0 atom stereocenters. The first-order valence-electron chi connectivity index (χ1n) is 10.9. The third-order valence-corrected chi connectivity index (χ3v) is 5.92. The van der Waals surface area contributed by atoms with E-state index in [1.54, 1.807) is 29.2 Å². The molecule has 3 amide bonds. The summed E-state index contributed by atoms with van der Waals surface area (Å²) in [7, 11) is 1.40. The number of nitrogens with zero attached hydrogens (tertiary/aromatic N) is 2. The van der Waals surface area contributed by atoms with Gasteiger partial charge in [0.15, 0.2) is 0 Å². The summed E-state index contributed by atoms with van der Waals surface area (Å²) in [4.78, 5) is 43.9. The maximum Gasteiger partial charge on any atom is 0.274 e. The fourth-order valence-electron chi connectivity index (χ4n) is 3.77. The molecule has 1 aromatic heterocycles. The van der Waals surface area contributed by atoms with Gasteiger partial charge in [-0.3, -0.25) is 14.4 Å². The van der Waals surface area contributed by atoms with Gasteiger partial charge in [0.2, 0.25) is 5.91 Å². The highest BCUT2D eigenvalue weighted by molar-refractivity contribution is 6.32. The minimum atomic E-state index is -0.546. The number of carbonyl (C=O) groups is 3. The number of hydrogen-bond acceptors (Lipinski definition) is 5. The monoisotopic (exact) mass is 512 g/mol. The molecule has 2 aromatic carbocycles. The Kier molecular flexibility index (Phi) is 7.53. The van der Waals surface area contributed by atoms with E-state index in [9.17, 15) is 14.4 Å². The number of hydrogen-bond donors (Lipinski definition) is 2. The van der Waals surface area contributed by atoms with E-state index in [2.05, 4.69) is 15.6 Å². The number of rotatable bonds is 6. The number of piperidine rings is 1. The molecule has 35 heavy (non-hydrogen) atoms. The van der Waals surface area contributed by atoms with Crippen molar-refractivity contribution in [1.29, 1.82) is 0 Å². The van der Waals surface area contributed by atoms with Crippen LogP contribution < -0.4 is 20.3 Å². The predicted octanol–water partition coefficient (Wildman–Crippen LogP) is 5.42. The number of halogens is 2. The highest BCUT2D eigenvalue weighted by Crippen LogP contribution is 2.32. The number of nitrogens with one attached hydrogen (secondary N) is 2. The highest BCUT2D eigenvalue weighted by atomic mass is 35.5. The van der Waals surface area contributed by atoms with Crippen molar-refractivity contribution < 1.29 is 19.1 Å².